The van der Waals surface area contributed by atoms with Gasteiger partial charge in [0.25, 0.3) is 5.56 Å². The number of benzene rings is 2. The van der Waals surface area contributed by atoms with E-state index in [1.165, 1.54) is 22.2 Å². The quantitative estimate of drug-likeness (QED) is 0.470. The van der Waals surface area contributed by atoms with Crippen LogP contribution in [0.2, 0.25) is 0 Å². The van der Waals surface area contributed by atoms with Gasteiger partial charge in [-0.15, -0.1) is 11.3 Å². The molecular weight excluding hydrogens is 372 g/mol. The number of thiophene rings is 1. The molecule has 0 saturated heterocycles. The fourth-order valence-electron chi connectivity index (χ4n) is 3.09. The highest BCUT2D eigenvalue weighted by Gasteiger charge is 2.15. The van der Waals surface area contributed by atoms with Gasteiger partial charge in [-0.1, -0.05) is 50.2 Å². The van der Waals surface area contributed by atoms with Gasteiger partial charge in [0, 0.05) is 10.9 Å². The molecule has 0 radical (unpaired) electrons. The van der Waals surface area contributed by atoms with E-state index in [1.54, 1.807) is 0 Å². The Labute approximate surface area is 166 Å². The summed E-state index contributed by atoms with van der Waals surface area (Å²) in [5, 5.41) is 4.75. The minimum absolute atomic E-state index is 0.137. The van der Waals surface area contributed by atoms with Gasteiger partial charge in [0.05, 0.1) is 18.3 Å². The van der Waals surface area contributed by atoms with Crippen LogP contribution in [0.5, 0.6) is 0 Å². The van der Waals surface area contributed by atoms with Crippen molar-refractivity contribution in [2.24, 2.45) is 5.92 Å². The van der Waals surface area contributed by atoms with E-state index in [0.717, 1.165) is 21.9 Å². The van der Waals surface area contributed by atoms with Crippen molar-refractivity contribution in [1.29, 1.82) is 0 Å². The van der Waals surface area contributed by atoms with E-state index in [1.807, 2.05) is 43.5 Å². The summed E-state index contributed by atoms with van der Waals surface area (Å²) in [5.41, 5.74) is 1.58. The highest BCUT2D eigenvalue weighted by molar-refractivity contribution is 7.17. The molecule has 0 unspecified atom stereocenters. The number of hydrogen-bond donors (Lipinski definition) is 0. The van der Waals surface area contributed by atoms with E-state index in [-0.39, 0.29) is 18.0 Å². The zero-order valence-corrected chi connectivity index (χ0v) is 16.5. The molecule has 0 N–H and O–H groups in total. The molecule has 4 rings (SSSR count). The van der Waals surface area contributed by atoms with Crippen LogP contribution in [-0.2, 0) is 16.1 Å². The van der Waals surface area contributed by atoms with E-state index in [9.17, 15) is 9.59 Å². The number of esters is 1. The van der Waals surface area contributed by atoms with Crippen LogP contribution in [0.25, 0.3) is 32.1 Å². The third-order valence-corrected chi connectivity index (χ3v) is 5.38. The Balaban J connectivity index is 1.73. The Kier molecular flexibility index (Phi) is 4.96. The first-order chi connectivity index (χ1) is 13.5. The first-order valence-electron chi connectivity index (χ1n) is 9.14. The van der Waals surface area contributed by atoms with Crippen molar-refractivity contribution in [3.05, 3.63) is 64.5 Å². The Morgan fingerprint density at radius 2 is 1.96 bits per heavy atom. The van der Waals surface area contributed by atoms with Crippen molar-refractivity contribution in [1.82, 2.24) is 9.55 Å². The zero-order valence-electron chi connectivity index (χ0n) is 15.7. The molecule has 0 fully saturated rings. The molecule has 2 aromatic carbocycles. The molecule has 0 aliphatic rings. The van der Waals surface area contributed by atoms with Gasteiger partial charge in [-0.05, 0) is 28.3 Å². The fourth-order valence-corrected chi connectivity index (χ4v) is 4.00. The monoisotopic (exact) mass is 392 g/mol. The number of carbonyl (C=O) groups excluding carboxylic acids is 1. The maximum Gasteiger partial charge on any atom is 0.326 e. The van der Waals surface area contributed by atoms with E-state index in [0.29, 0.717) is 16.8 Å². The first kappa shape index (κ1) is 18.4. The predicted octanol–water partition coefficient (Wildman–Crippen LogP) is 4.48. The van der Waals surface area contributed by atoms with E-state index < -0.39 is 5.97 Å². The summed E-state index contributed by atoms with van der Waals surface area (Å²) >= 11 is 1.43. The highest BCUT2D eigenvalue weighted by atomic mass is 32.1. The van der Waals surface area contributed by atoms with Gasteiger partial charge in [0.2, 0.25) is 0 Å². The lowest BCUT2D eigenvalue weighted by atomic mass is 10.0. The van der Waals surface area contributed by atoms with Crippen LogP contribution in [-0.4, -0.2) is 22.1 Å². The van der Waals surface area contributed by atoms with Gasteiger partial charge in [0.15, 0.2) is 0 Å². The molecule has 5 nitrogen and oxygen atoms in total. The third kappa shape index (κ3) is 3.55. The van der Waals surface area contributed by atoms with Crippen molar-refractivity contribution in [2.45, 2.75) is 20.4 Å². The molecule has 0 saturated carbocycles. The largest absolute Gasteiger partial charge is 0.464 e. The minimum Gasteiger partial charge on any atom is -0.464 e. The molecule has 0 aliphatic heterocycles. The third-order valence-electron chi connectivity index (χ3n) is 4.50. The predicted molar refractivity (Wildman–Crippen MR) is 113 cm³/mol. The topological polar surface area (TPSA) is 61.2 Å². The van der Waals surface area contributed by atoms with Crippen molar-refractivity contribution in [3.8, 4) is 11.1 Å². The van der Waals surface area contributed by atoms with Crippen LogP contribution in [0.3, 0.4) is 0 Å². The Morgan fingerprint density at radius 1 is 1.18 bits per heavy atom. The lowest BCUT2D eigenvalue weighted by molar-refractivity contribution is -0.145. The van der Waals surface area contributed by atoms with Crippen LogP contribution >= 0.6 is 11.3 Å². The standard InChI is InChI=1S/C22H20N2O3S/c1-14(2)11-27-19(25)10-24-13-23-21-20(22(24)26)18(12-28-21)17-8-7-15-5-3-4-6-16(15)9-17/h3-9,12-14H,10-11H2,1-2H3. The second-order valence-electron chi connectivity index (χ2n) is 7.15. The molecule has 0 atom stereocenters. The molecule has 0 amide bonds. The molecule has 142 valence electrons. The summed E-state index contributed by atoms with van der Waals surface area (Å²) < 4.78 is 6.52. The van der Waals surface area contributed by atoms with Crippen LogP contribution < -0.4 is 5.56 Å². The zero-order chi connectivity index (χ0) is 19.7. The lowest BCUT2D eigenvalue weighted by Crippen LogP contribution is -2.26. The number of fused-ring (bicyclic) bond motifs is 2. The van der Waals surface area contributed by atoms with E-state index in [2.05, 4.69) is 23.2 Å². The van der Waals surface area contributed by atoms with Gasteiger partial charge < -0.3 is 4.74 Å². The summed E-state index contributed by atoms with van der Waals surface area (Å²) in [7, 11) is 0. The number of hydrogen-bond acceptors (Lipinski definition) is 5. The number of rotatable bonds is 5. The molecule has 0 bridgehead atoms. The number of nitrogens with zero attached hydrogens (tertiary/aromatic N) is 2. The van der Waals surface area contributed by atoms with E-state index >= 15 is 0 Å². The summed E-state index contributed by atoms with van der Waals surface area (Å²) in [6.45, 7) is 4.13. The lowest BCUT2D eigenvalue weighted by Gasteiger charge is -2.09. The second kappa shape index (κ2) is 7.56. The molecule has 0 aliphatic carbocycles. The number of aromatic nitrogens is 2. The highest BCUT2D eigenvalue weighted by Crippen LogP contribution is 2.32. The van der Waals surface area contributed by atoms with Crippen LogP contribution in [0, 0.1) is 5.92 Å². The summed E-state index contributed by atoms with van der Waals surface area (Å²) in [6.07, 6.45) is 1.42. The normalized spacial score (nSPS) is 11.4. The molecular formula is C22H20N2O3S. The molecule has 2 aromatic heterocycles. The Morgan fingerprint density at radius 3 is 2.75 bits per heavy atom. The molecule has 0 spiro atoms. The van der Waals surface area contributed by atoms with Gasteiger partial charge in [0.1, 0.15) is 11.4 Å². The SMILES string of the molecule is CC(C)COC(=O)Cn1cnc2scc(-c3ccc4ccccc4c3)c2c1=O. The average Bonchev–Trinajstić information content (AvgIpc) is 3.13. The molecule has 6 heteroatoms. The molecule has 2 heterocycles. The maximum atomic E-state index is 13.0. The van der Waals surface area contributed by atoms with Crippen molar-refractivity contribution in [2.75, 3.05) is 6.61 Å². The fraction of sp³-hybridized carbons (Fsp3) is 0.227. The van der Waals surface area contributed by atoms with Crippen LogP contribution in [0.4, 0.5) is 0 Å². The minimum atomic E-state index is -0.431. The Bertz CT molecular complexity index is 1220. The van der Waals surface area contributed by atoms with Gasteiger partial charge in [-0.25, -0.2) is 4.98 Å². The van der Waals surface area contributed by atoms with Crippen LogP contribution in [0.15, 0.2) is 59.0 Å². The number of carbonyl (C=O) groups is 1. The van der Waals surface area contributed by atoms with Gasteiger partial charge >= 0.3 is 5.97 Å². The van der Waals surface area contributed by atoms with Crippen molar-refractivity contribution >= 4 is 38.3 Å². The molecule has 28 heavy (non-hydrogen) atoms. The second-order valence-corrected chi connectivity index (χ2v) is 8.00. The van der Waals surface area contributed by atoms with E-state index in [4.69, 9.17) is 4.74 Å². The number of ether oxygens (including phenoxy) is 1. The van der Waals surface area contributed by atoms with Crippen LogP contribution in [0.1, 0.15) is 13.8 Å². The average molecular weight is 392 g/mol. The summed E-state index contributed by atoms with van der Waals surface area (Å²) in [5.74, 6) is -0.183. The van der Waals surface area contributed by atoms with Crippen molar-refractivity contribution in [3.63, 3.8) is 0 Å². The Hall–Kier alpha value is -2.99. The maximum absolute atomic E-state index is 13.0. The summed E-state index contributed by atoms with van der Waals surface area (Å²) in [4.78, 5) is 30.1. The van der Waals surface area contributed by atoms with Gasteiger partial charge in [-0.2, -0.15) is 0 Å². The molecule has 4 aromatic rings. The summed E-state index contributed by atoms with van der Waals surface area (Å²) in [6, 6.07) is 14.2. The van der Waals surface area contributed by atoms with Crippen molar-refractivity contribution < 1.29 is 9.53 Å². The first-order valence-corrected chi connectivity index (χ1v) is 10.0. The smallest absolute Gasteiger partial charge is 0.326 e. The van der Waals surface area contributed by atoms with Gasteiger partial charge in [-0.3, -0.25) is 14.2 Å².